The molecule has 1 atom stereocenters. The molecular weight excluding hydrogens is 347 g/mol. The fraction of sp³-hybridized carbons (Fsp3) is 0.231. The molecule has 0 saturated carbocycles. The van der Waals surface area contributed by atoms with Crippen LogP contribution in [0, 0.1) is 0 Å². The average molecular weight is 359 g/mol. The minimum absolute atomic E-state index is 0.0675. The lowest BCUT2D eigenvalue weighted by atomic mass is 10.1. The lowest BCUT2D eigenvalue weighted by Crippen LogP contribution is -2.42. The third-order valence-electron chi connectivity index (χ3n) is 3.01. The van der Waals surface area contributed by atoms with Gasteiger partial charge >= 0.3 is 6.03 Å². The summed E-state index contributed by atoms with van der Waals surface area (Å²) in [6.07, 6.45) is 0.0408. The maximum Gasteiger partial charge on any atom is 0.322 e. The molecule has 1 aromatic carbocycles. The first-order chi connectivity index (χ1) is 10.9. The second-order valence-corrected chi connectivity index (χ2v) is 5.52. The molecule has 0 aliphatic carbocycles. The van der Waals surface area contributed by atoms with E-state index in [9.17, 15) is 19.2 Å². The number of hydrogen-bond acceptors (Lipinski definition) is 4. The van der Waals surface area contributed by atoms with Crippen LogP contribution in [-0.4, -0.2) is 29.8 Å². The van der Waals surface area contributed by atoms with E-state index < -0.39 is 29.8 Å². The molecule has 2 rings (SSSR count). The van der Waals surface area contributed by atoms with Gasteiger partial charge in [-0.2, -0.15) is 0 Å². The van der Waals surface area contributed by atoms with Gasteiger partial charge in [-0.1, -0.05) is 23.2 Å². The Labute approximate surface area is 140 Å². The monoisotopic (exact) mass is 358 g/mol. The van der Waals surface area contributed by atoms with Gasteiger partial charge in [0.25, 0.3) is 11.8 Å². The third kappa shape index (κ3) is 4.57. The van der Waals surface area contributed by atoms with Crippen molar-refractivity contribution < 1.29 is 19.2 Å². The molecule has 1 aliphatic heterocycles. The molecule has 1 aliphatic rings. The average Bonchev–Trinajstić information content (AvgIpc) is 2.83. The maximum atomic E-state index is 11.9. The van der Waals surface area contributed by atoms with Gasteiger partial charge in [0.2, 0.25) is 5.91 Å². The number of rotatable bonds is 4. The van der Waals surface area contributed by atoms with Crippen molar-refractivity contribution in [3.8, 4) is 0 Å². The zero-order valence-corrected chi connectivity index (χ0v) is 13.1. The molecule has 8 nitrogen and oxygen atoms in total. The zero-order chi connectivity index (χ0) is 17.0. The van der Waals surface area contributed by atoms with Gasteiger partial charge in [0.05, 0.1) is 10.6 Å². The molecule has 122 valence electrons. The molecule has 0 unspecified atom stereocenters. The van der Waals surface area contributed by atoms with Crippen molar-refractivity contribution in [3.05, 3.63) is 33.8 Å². The highest BCUT2D eigenvalue weighted by molar-refractivity contribution is 6.35. The predicted octanol–water partition coefficient (Wildman–Crippen LogP) is 0.743. The second kappa shape index (κ2) is 7.30. The van der Waals surface area contributed by atoms with Crippen LogP contribution in [-0.2, 0) is 9.59 Å². The summed E-state index contributed by atoms with van der Waals surface area (Å²) < 4.78 is 0. The van der Waals surface area contributed by atoms with Crippen LogP contribution in [0.1, 0.15) is 23.2 Å². The number of urea groups is 1. The van der Waals surface area contributed by atoms with Gasteiger partial charge in [-0.25, -0.2) is 4.79 Å². The van der Waals surface area contributed by atoms with Crippen LogP contribution in [0.2, 0.25) is 10.0 Å². The molecule has 1 fully saturated rings. The molecule has 0 aromatic heterocycles. The topological polar surface area (TPSA) is 116 Å². The van der Waals surface area contributed by atoms with Crippen molar-refractivity contribution in [2.45, 2.75) is 18.9 Å². The van der Waals surface area contributed by atoms with Gasteiger partial charge < -0.3 is 5.32 Å². The fourth-order valence-electron chi connectivity index (χ4n) is 1.87. The van der Waals surface area contributed by atoms with Crippen LogP contribution in [0.3, 0.4) is 0 Å². The van der Waals surface area contributed by atoms with Crippen molar-refractivity contribution in [1.82, 2.24) is 21.5 Å². The van der Waals surface area contributed by atoms with Crippen molar-refractivity contribution >= 4 is 47.0 Å². The Bertz CT molecular complexity index is 680. The first-order valence-corrected chi connectivity index (χ1v) is 7.28. The molecule has 5 amide bonds. The van der Waals surface area contributed by atoms with Crippen molar-refractivity contribution in [2.24, 2.45) is 0 Å². The molecule has 0 radical (unpaired) electrons. The molecule has 1 saturated heterocycles. The maximum absolute atomic E-state index is 11.9. The lowest BCUT2D eigenvalue weighted by molar-refractivity contribution is -0.122. The van der Waals surface area contributed by atoms with Gasteiger partial charge in [-0.05, 0) is 24.6 Å². The summed E-state index contributed by atoms with van der Waals surface area (Å²) in [5.41, 5.74) is 4.50. The van der Waals surface area contributed by atoms with E-state index in [0.29, 0.717) is 5.02 Å². The number of amides is 5. The third-order valence-corrected chi connectivity index (χ3v) is 3.57. The Morgan fingerprint density at radius 2 is 1.91 bits per heavy atom. The molecule has 0 bridgehead atoms. The van der Waals surface area contributed by atoms with Crippen molar-refractivity contribution in [1.29, 1.82) is 0 Å². The Morgan fingerprint density at radius 1 is 1.17 bits per heavy atom. The Hall–Kier alpha value is -2.32. The number of hydrogen-bond donors (Lipinski definition) is 4. The second-order valence-electron chi connectivity index (χ2n) is 4.68. The molecule has 4 N–H and O–H groups in total. The van der Waals surface area contributed by atoms with E-state index in [4.69, 9.17) is 23.2 Å². The number of hydrazine groups is 1. The van der Waals surface area contributed by atoms with Gasteiger partial charge in [-0.3, -0.25) is 30.6 Å². The van der Waals surface area contributed by atoms with Crippen LogP contribution in [0.5, 0.6) is 0 Å². The summed E-state index contributed by atoms with van der Waals surface area (Å²) >= 11 is 11.6. The molecule has 1 aromatic rings. The molecule has 23 heavy (non-hydrogen) atoms. The van der Waals surface area contributed by atoms with Crippen molar-refractivity contribution in [2.75, 3.05) is 0 Å². The van der Waals surface area contributed by atoms with Gasteiger partial charge in [0, 0.05) is 11.4 Å². The summed E-state index contributed by atoms with van der Waals surface area (Å²) in [6, 6.07) is 3.00. The van der Waals surface area contributed by atoms with Crippen molar-refractivity contribution in [3.63, 3.8) is 0 Å². The number of carbonyl (C=O) groups is 4. The first kappa shape index (κ1) is 17.0. The van der Waals surface area contributed by atoms with E-state index in [2.05, 4.69) is 21.5 Å². The summed E-state index contributed by atoms with van der Waals surface area (Å²) in [6.45, 7) is 0. The largest absolute Gasteiger partial charge is 0.326 e. The molecular formula is C13H12Cl2N4O4. The number of carbonyl (C=O) groups excluding carboxylic acids is 4. The Balaban J connectivity index is 1.80. The lowest BCUT2D eigenvalue weighted by Gasteiger charge is -2.10. The standard InChI is InChI=1S/C13H12Cl2N4O4/c14-6-1-2-8(15)7(5-6)11(21)19-18-10(20)4-3-9-12(22)17-13(23)16-9/h1-2,5,9H,3-4H2,(H,18,20)(H,19,21)(H2,16,17,22,23)/t9-/m0/s1. The summed E-state index contributed by atoms with van der Waals surface area (Å²) in [5.74, 6) is -1.64. The van der Waals surface area contributed by atoms with Crippen LogP contribution in [0.15, 0.2) is 18.2 Å². The number of nitrogens with one attached hydrogen (secondary N) is 4. The summed E-state index contributed by atoms with van der Waals surface area (Å²) in [7, 11) is 0. The molecule has 0 spiro atoms. The van der Waals surface area contributed by atoms with E-state index in [1.54, 1.807) is 0 Å². The van der Waals surface area contributed by atoms with E-state index in [-0.39, 0.29) is 23.4 Å². The Kier molecular flexibility index (Phi) is 5.41. The highest BCUT2D eigenvalue weighted by Crippen LogP contribution is 2.20. The minimum atomic E-state index is -0.758. The SMILES string of the molecule is O=C(CC[C@@H]1NC(=O)NC1=O)NNC(=O)c1cc(Cl)ccc1Cl. The normalized spacial score (nSPS) is 16.5. The van der Waals surface area contributed by atoms with E-state index in [1.165, 1.54) is 18.2 Å². The van der Waals surface area contributed by atoms with Gasteiger partial charge in [-0.15, -0.1) is 0 Å². The van der Waals surface area contributed by atoms with E-state index in [0.717, 1.165) is 0 Å². The summed E-state index contributed by atoms with van der Waals surface area (Å²) in [5, 5.41) is 4.93. The fourth-order valence-corrected chi connectivity index (χ4v) is 2.24. The smallest absolute Gasteiger partial charge is 0.322 e. The number of halogens is 2. The van der Waals surface area contributed by atoms with Crippen LogP contribution in [0.4, 0.5) is 4.79 Å². The van der Waals surface area contributed by atoms with E-state index >= 15 is 0 Å². The van der Waals surface area contributed by atoms with Gasteiger partial charge in [0.1, 0.15) is 6.04 Å². The number of imide groups is 1. The molecule has 1 heterocycles. The minimum Gasteiger partial charge on any atom is -0.326 e. The molecule has 10 heteroatoms. The quantitative estimate of drug-likeness (QED) is 0.469. The van der Waals surface area contributed by atoms with Crippen LogP contribution < -0.4 is 21.5 Å². The van der Waals surface area contributed by atoms with Crippen LogP contribution >= 0.6 is 23.2 Å². The highest BCUT2D eigenvalue weighted by atomic mass is 35.5. The zero-order valence-electron chi connectivity index (χ0n) is 11.6. The number of benzene rings is 1. The summed E-state index contributed by atoms with van der Waals surface area (Å²) in [4.78, 5) is 45.7. The Morgan fingerprint density at radius 3 is 2.57 bits per heavy atom. The predicted molar refractivity (Wildman–Crippen MR) is 81.8 cm³/mol. The van der Waals surface area contributed by atoms with E-state index in [1.807, 2.05) is 0 Å². The van der Waals surface area contributed by atoms with Crippen LogP contribution in [0.25, 0.3) is 0 Å². The van der Waals surface area contributed by atoms with Gasteiger partial charge in [0.15, 0.2) is 0 Å². The highest BCUT2D eigenvalue weighted by Gasteiger charge is 2.29. The first-order valence-electron chi connectivity index (χ1n) is 6.52.